The van der Waals surface area contributed by atoms with Crippen molar-refractivity contribution in [2.75, 3.05) is 0 Å². The topological polar surface area (TPSA) is 21.9 Å². The van der Waals surface area contributed by atoms with Gasteiger partial charge in [-0.3, -0.25) is 0 Å². The van der Waals surface area contributed by atoms with Crippen LogP contribution in [0.3, 0.4) is 0 Å². The highest BCUT2D eigenvalue weighted by Gasteiger charge is 2.31. The fourth-order valence-electron chi connectivity index (χ4n) is 6.09. The number of aromatic nitrogens is 2. The lowest BCUT2D eigenvalue weighted by Crippen LogP contribution is -2.30. The van der Waals surface area contributed by atoms with Crippen molar-refractivity contribution >= 4 is 33.0 Å². The zero-order valence-corrected chi connectivity index (χ0v) is 22.1. The maximum atomic E-state index is 6.57. The lowest BCUT2D eigenvalue weighted by atomic mass is 9.98. The number of nitrogens with zero attached hydrogens (tertiary/aromatic N) is 2. The summed E-state index contributed by atoms with van der Waals surface area (Å²) in [5.74, 6) is 1.12. The number of hydrogen-bond donors (Lipinski definition) is 0. The minimum absolute atomic E-state index is 0.916. The molecule has 3 nitrogen and oxygen atoms in total. The van der Waals surface area contributed by atoms with Crippen LogP contribution in [-0.2, 0) is 7.05 Å². The van der Waals surface area contributed by atoms with E-state index in [0.717, 1.165) is 33.3 Å². The van der Waals surface area contributed by atoms with E-state index in [0.29, 0.717) is 0 Å². The van der Waals surface area contributed by atoms with Crippen LogP contribution in [0.4, 0.5) is 0 Å². The van der Waals surface area contributed by atoms with Crippen LogP contribution in [0, 0.1) is 20.8 Å². The van der Waals surface area contributed by atoms with Crippen molar-refractivity contribution in [3.05, 3.63) is 120 Å². The molecule has 184 valence electrons. The van der Waals surface area contributed by atoms with E-state index in [-0.39, 0.29) is 0 Å². The highest BCUT2D eigenvalue weighted by atomic mass is 16.3. The first-order valence-electron chi connectivity index (χ1n) is 13.1. The molecule has 0 aliphatic rings. The molecule has 0 fully saturated rings. The van der Waals surface area contributed by atoms with Crippen LogP contribution in [0.15, 0.2) is 108 Å². The van der Waals surface area contributed by atoms with E-state index < -0.39 is 0 Å². The summed E-state index contributed by atoms with van der Waals surface area (Å²) in [5, 5.41) is 2.29. The monoisotopic (exact) mass is 493 g/mol. The van der Waals surface area contributed by atoms with Crippen molar-refractivity contribution in [1.29, 1.82) is 0 Å². The van der Waals surface area contributed by atoms with E-state index in [1.165, 1.54) is 44.5 Å². The van der Waals surface area contributed by atoms with E-state index in [9.17, 15) is 0 Å². The van der Waals surface area contributed by atoms with Gasteiger partial charge >= 0.3 is 0 Å². The van der Waals surface area contributed by atoms with Gasteiger partial charge < -0.3 is 4.42 Å². The fourth-order valence-corrected chi connectivity index (χ4v) is 6.09. The second kappa shape index (κ2) is 8.46. The van der Waals surface area contributed by atoms with E-state index >= 15 is 0 Å². The molecule has 38 heavy (non-hydrogen) atoms. The molecule has 0 aliphatic carbocycles. The van der Waals surface area contributed by atoms with E-state index in [1.54, 1.807) is 0 Å². The molecular weight excluding hydrogens is 464 g/mol. The Bertz CT molecular complexity index is 1980. The Balaban J connectivity index is 1.59. The largest absolute Gasteiger partial charge is 0.455 e. The van der Waals surface area contributed by atoms with Gasteiger partial charge in [0.25, 0.3) is 5.82 Å². The highest BCUT2D eigenvalue weighted by Crippen LogP contribution is 2.40. The van der Waals surface area contributed by atoms with E-state index in [4.69, 9.17) is 4.42 Å². The van der Waals surface area contributed by atoms with Crippen molar-refractivity contribution < 1.29 is 8.98 Å². The van der Waals surface area contributed by atoms with Gasteiger partial charge in [-0.2, -0.15) is 4.57 Å². The van der Waals surface area contributed by atoms with Gasteiger partial charge in [0.2, 0.25) is 0 Å². The normalized spacial score (nSPS) is 11.7. The summed E-state index contributed by atoms with van der Waals surface area (Å²) < 4.78 is 11.3. The number of para-hydroxylation sites is 3. The molecule has 0 N–H and O–H groups in total. The molecule has 0 amide bonds. The number of aryl methyl sites for hydroxylation is 4. The van der Waals surface area contributed by atoms with Crippen LogP contribution in [0.1, 0.15) is 16.7 Å². The van der Waals surface area contributed by atoms with Gasteiger partial charge in [-0.1, -0.05) is 72.8 Å². The minimum Gasteiger partial charge on any atom is -0.455 e. The average molecular weight is 494 g/mol. The Morgan fingerprint density at radius 1 is 0.632 bits per heavy atom. The first kappa shape index (κ1) is 22.6. The second-order valence-electron chi connectivity index (χ2n) is 10.3. The van der Waals surface area contributed by atoms with Gasteiger partial charge in [0.05, 0.1) is 7.05 Å². The van der Waals surface area contributed by atoms with Gasteiger partial charge in [-0.25, -0.2) is 4.57 Å². The summed E-state index contributed by atoms with van der Waals surface area (Å²) in [6.45, 7) is 6.63. The first-order valence-corrected chi connectivity index (χ1v) is 13.1. The van der Waals surface area contributed by atoms with Crippen LogP contribution < -0.4 is 4.57 Å². The van der Waals surface area contributed by atoms with Crippen LogP contribution in [0.25, 0.3) is 61.2 Å². The van der Waals surface area contributed by atoms with Crippen LogP contribution in [0.2, 0.25) is 0 Å². The maximum absolute atomic E-state index is 6.57. The average Bonchev–Trinajstić information content (AvgIpc) is 3.44. The third-order valence-corrected chi connectivity index (χ3v) is 7.81. The molecule has 0 aliphatic heterocycles. The summed E-state index contributed by atoms with van der Waals surface area (Å²) in [7, 11) is 2.16. The van der Waals surface area contributed by atoms with Crippen molar-refractivity contribution in [2.24, 2.45) is 7.05 Å². The molecule has 2 heterocycles. The number of benzene rings is 5. The summed E-state index contributed by atoms with van der Waals surface area (Å²) in [6, 6.07) is 36.6. The molecule has 0 unspecified atom stereocenters. The Hall–Kier alpha value is -4.63. The molecule has 0 atom stereocenters. The maximum Gasteiger partial charge on any atom is 0.299 e. The van der Waals surface area contributed by atoms with Crippen LogP contribution in [0.5, 0.6) is 0 Å². The van der Waals surface area contributed by atoms with E-state index in [2.05, 4.69) is 134 Å². The lowest BCUT2D eigenvalue weighted by molar-refractivity contribution is -0.633. The molecule has 2 aromatic heterocycles. The summed E-state index contributed by atoms with van der Waals surface area (Å²) in [6.07, 6.45) is 0. The molecule has 0 saturated heterocycles. The molecular formula is C35H29N2O+. The van der Waals surface area contributed by atoms with Gasteiger partial charge in [-0.15, -0.1) is 0 Å². The third kappa shape index (κ3) is 3.25. The van der Waals surface area contributed by atoms with Gasteiger partial charge in [-0.05, 0) is 78.9 Å². The minimum atomic E-state index is 0.916. The SMILES string of the molecule is Cc1cc(-c2ccccc2)cc(C)c1-n1c(-c2c(C)ccc3c2oc2ccccc23)[n+](C)c2ccccc21. The number of rotatable bonds is 3. The molecule has 0 bridgehead atoms. The van der Waals surface area contributed by atoms with Crippen molar-refractivity contribution in [3.8, 4) is 28.2 Å². The Morgan fingerprint density at radius 3 is 2.11 bits per heavy atom. The zero-order chi connectivity index (χ0) is 26.0. The number of imidazole rings is 1. The fraction of sp³-hybridized carbons (Fsp3) is 0.114. The molecule has 0 saturated carbocycles. The number of hydrogen-bond acceptors (Lipinski definition) is 1. The lowest BCUT2D eigenvalue weighted by Gasteiger charge is -2.13. The molecule has 3 heteroatoms. The van der Waals surface area contributed by atoms with Gasteiger partial charge in [0.1, 0.15) is 16.8 Å². The van der Waals surface area contributed by atoms with Crippen molar-refractivity contribution in [2.45, 2.75) is 20.8 Å². The number of fused-ring (bicyclic) bond motifs is 4. The Morgan fingerprint density at radius 2 is 1.32 bits per heavy atom. The predicted molar refractivity (Wildman–Crippen MR) is 157 cm³/mol. The standard InChI is InChI=1S/C35H29N2O/c1-22-18-19-28-27-14-8-11-17-31(27)38-34(28)32(22)35-36(4)29-15-9-10-16-30(29)37(35)33-23(2)20-26(21-24(33)3)25-12-6-5-7-13-25/h5-21H,1-4H3/q+1. The summed E-state index contributed by atoms with van der Waals surface area (Å²) in [5.41, 5.74) is 12.7. The van der Waals surface area contributed by atoms with Crippen LogP contribution in [-0.4, -0.2) is 4.57 Å². The smallest absolute Gasteiger partial charge is 0.299 e. The molecule has 0 spiro atoms. The quantitative estimate of drug-likeness (QED) is 0.226. The molecule has 7 rings (SSSR count). The molecule has 5 aromatic carbocycles. The summed E-state index contributed by atoms with van der Waals surface area (Å²) >= 11 is 0. The number of furan rings is 1. The zero-order valence-electron chi connectivity index (χ0n) is 22.1. The first-order chi connectivity index (χ1) is 18.5. The predicted octanol–water partition coefficient (Wildman–Crippen LogP) is 8.61. The second-order valence-corrected chi connectivity index (χ2v) is 10.3. The Kier molecular flexibility index (Phi) is 5.02. The van der Waals surface area contributed by atoms with E-state index in [1.807, 2.05) is 6.07 Å². The van der Waals surface area contributed by atoms with Gasteiger partial charge in [0, 0.05) is 10.8 Å². The Labute approximate surface area is 222 Å². The van der Waals surface area contributed by atoms with Crippen LogP contribution >= 0.6 is 0 Å². The van der Waals surface area contributed by atoms with Crippen molar-refractivity contribution in [3.63, 3.8) is 0 Å². The highest BCUT2D eigenvalue weighted by molar-refractivity contribution is 6.09. The molecule has 0 radical (unpaired) electrons. The third-order valence-electron chi connectivity index (χ3n) is 7.81. The van der Waals surface area contributed by atoms with Crippen molar-refractivity contribution in [1.82, 2.24) is 4.57 Å². The molecule has 7 aromatic rings. The summed E-state index contributed by atoms with van der Waals surface area (Å²) in [4.78, 5) is 0. The van der Waals surface area contributed by atoms with Gasteiger partial charge in [0.15, 0.2) is 16.6 Å².